The summed E-state index contributed by atoms with van der Waals surface area (Å²) in [6, 6.07) is 6.24. The van der Waals surface area contributed by atoms with Crippen LogP contribution < -0.4 is 4.90 Å². The number of carbonyl (C=O) groups is 1. The molecule has 1 unspecified atom stereocenters. The molecule has 2 heterocycles. The van der Waals surface area contributed by atoms with Crippen molar-refractivity contribution in [3.63, 3.8) is 0 Å². The lowest BCUT2D eigenvalue weighted by atomic mass is 10.0. The Kier molecular flexibility index (Phi) is 8.29. The second-order valence-electron chi connectivity index (χ2n) is 11.4. The van der Waals surface area contributed by atoms with Crippen LogP contribution in [0.5, 0.6) is 0 Å². The molecule has 0 amide bonds. The highest BCUT2D eigenvalue weighted by molar-refractivity contribution is 6.76. The summed E-state index contributed by atoms with van der Waals surface area (Å²) < 4.78 is 14.1. The molecule has 3 rings (SSSR count). The summed E-state index contributed by atoms with van der Waals surface area (Å²) in [5.41, 5.74) is 1.76. The van der Waals surface area contributed by atoms with E-state index in [0.29, 0.717) is 32.1 Å². The van der Waals surface area contributed by atoms with Gasteiger partial charge in [-0.3, -0.25) is 4.79 Å². The van der Waals surface area contributed by atoms with Crippen LogP contribution in [-0.4, -0.2) is 63.2 Å². The molecule has 7 nitrogen and oxygen atoms in total. The normalized spacial score (nSPS) is 17.4. The first-order valence-electron chi connectivity index (χ1n) is 11.8. The second kappa shape index (κ2) is 10.6. The van der Waals surface area contributed by atoms with E-state index in [1.807, 2.05) is 10.6 Å². The van der Waals surface area contributed by atoms with Crippen molar-refractivity contribution < 1.29 is 14.3 Å². The number of carbonyl (C=O) groups excluding carboxylic acids is 1. The first-order valence-corrected chi connectivity index (χ1v) is 19.2. The fourth-order valence-corrected chi connectivity index (χ4v) is 5.21. The molecule has 1 fully saturated rings. The van der Waals surface area contributed by atoms with E-state index in [4.69, 9.17) is 14.5 Å². The third kappa shape index (κ3) is 7.50. The number of ether oxygens (including phenoxy) is 2. The lowest BCUT2D eigenvalue weighted by molar-refractivity contribution is -0.117. The molecule has 0 radical (unpaired) electrons. The van der Waals surface area contributed by atoms with Gasteiger partial charge in [-0.05, 0) is 18.5 Å². The van der Waals surface area contributed by atoms with Gasteiger partial charge in [-0.1, -0.05) is 39.3 Å². The monoisotopic (exact) mass is 476 g/mol. The predicted octanol–water partition coefficient (Wildman–Crippen LogP) is 5.00. The van der Waals surface area contributed by atoms with Gasteiger partial charge in [-0.15, -0.1) is 0 Å². The summed E-state index contributed by atoms with van der Waals surface area (Å²) >= 11 is 0. The molecule has 2 aromatic heterocycles. The molecule has 0 saturated heterocycles. The van der Waals surface area contributed by atoms with Gasteiger partial charge in [0, 0.05) is 60.3 Å². The summed E-state index contributed by atoms with van der Waals surface area (Å²) in [6.07, 6.45) is 3.87. The molecule has 0 aliphatic heterocycles. The fourth-order valence-electron chi connectivity index (χ4n) is 3.69. The summed E-state index contributed by atoms with van der Waals surface area (Å²) in [5.74, 6) is 1.42. The maximum Gasteiger partial charge on any atom is 0.157 e. The average Bonchev–Trinajstić information content (AvgIpc) is 3.33. The number of nitrogens with zero attached hydrogens (tertiary/aromatic N) is 4. The van der Waals surface area contributed by atoms with Gasteiger partial charge >= 0.3 is 0 Å². The van der Waals surface area contributed by atoms with Crippen molar-refractivity contribution in [2.75, 3.05) is 31.6 Å². The third-order valence-electron chi connectivity index (χ3n) is 5.84. The quantitative estimate of drug-likeness (QED) is 0.244. The number of ketones is 1. The zero-order valence-corrected chi connectivity index (χ0v) is 22.7. The third-order valence-corrected chi connectivity index (χ3v) is 9.24. The number of aromatic nitrogens is 3. The lowest BCUT2D eigenvalue weighted by Crippen LogP contribution is -2.33. The average molecular weight is 477 g/mol. The highest BCUT2D eigenvalue weighted by Crippen LogP contribution is 2.33. The predicted molar refractivity (Wildman–Crippen MR) is 135 cm³/mol. The number of rotatable bonds is 12. The molecule has 1 aliphatic carbocycles. The van der Waals surface area contributed by atoms with Crippen molar-refractivity contribution >= 4 is 33.4 Å². The van der Waals surface area contributed by atoms with E-state index in [1.54, 1.807) is 6.20 Å². The van der Waals surface area contributed by atoms with E-state index in [-0.39, 0.29) is 5.92 Å². The molecular formula is C23H40N4O3Si2. The van der Waals surface area contributed by atoms with Crippen molar-refractivity contribution in [1.29, 1.82) is 0 Å². The van der Waals surface area contributed by atoms with Crippen molar-refractivity contribution in [2.45, 2.75) is 76.6 Å². The van der Waals surface area contributed by atoms with Crippen LogP contribution in [0.25, 0.3) is 5.65 Å². The molecule has 178 valence electrons. The zero-order valence-electron chi connectivity index (χ0n) is 20.7. The van der Waals surface area contributed by atoms with Crippen LogP contribution >= 0.6 is 0 Å². The minimum Gasteiger partial charge on any atom is -0.361 e. The molecule has 2 aromatic rings. The van der Waals surface area contributed by atoms with Gasteiger partial charge in [0.1, 0.15) is 25.1 Å². The van der Waals surface area contributed by atoms with Crippen molar-refractivity contribution in [2.24, 2.45) is 0 Å². The molecule has 1 aliphatic rings. The number of anilines is 1. The van der Waals surface area contributed by atoms with Crippen LogP contribution in [0.3, 0.4) is 0 Å². The van der Waals surface area contributed by atoms with Gasteiger partial charge in [0.15, 0.2) is 5.65 Å². The Morgan fingerprint density at radius 1 is 1.06 bits per heavy atom. The molecule has 0 aromatic carbocycles. The Morgan fingerprint density at radius 2 is 1.69 bits per heavy atom. The fraction of sp³-hybridized carbons (Fsp3) is 0.696. The van der Waals surface area contributed by atoms with Crippen LogP contribution in [-0.2, 0) is 14.3 Å². The molecule has 9 heteroatoms. The Balaban J connectivity index is 1.79. The van der Waals surface area contributed by atoms with E-state index >= 15 is 0 Å². The van der Waals surface area contributed by atoms with Gasteiger partial charge in [-0.25, -0.2) is 4.98 Å². The molecule has 0 bridgehead atoms. The van der Waals surface area contributed by atoms with Crippen LogP contribution in [0, 0.1) is 0 Å². The summed E-state index contributed by atoms with van der Waals surface area (Å²) in [4.78, 5) is 18.8. The summed E-state index contributed by atoms with van der Waals surface area (Å²) in [5, 5.41) is 4.51. The van der Waals surface area contributed by atoms with E-state index < -0.39 is 16.1 Å². The molecule has 32 heavy (non-hydrogen) atoms. The largest absolute Gasteiger partial charge is 0.361 e. The lowest BCUT2D eigenvalue weighted by Gasteiger charge is -2.27. The number of hydrogen-bond donors (Lipinski definition) is 0. The molecule has 0 N–H and O–H groups in total. The van der Waals surface area contributed by atoms with Crippen LogP contribution in [0.1, 0.15) is 30.9 Å². The maximum absolute atomic E-state index is 11.9. The van der Waals surface area contributed by atoms with Crippen LogP contribution in [0.15, 0.2) is 18.3 Å². The Labute approximate surface area is 194 Å². The number of fused-ring (bicyclic) bond motifs is 1. The first kappa shape index (κ1) is 25.1. The highest BCUT2D eigenvalue weighted by atomic mass is 28.3. The minimum absolute atomic E-state index is 0.184. The van der Waals surface area contributed by atoms with Gasteiger partial charge in [0.2, 0.25) is 0 Å². The minimum atomic E-state index is -1.16. The van der Waals surface area contributed by atoms with E-state index in [9.17, 15) is 4.79 Å². The van der Waals surface area contributed by atoms with Crippen molar-refractivity contribution in [3.05, 3.63) is 24.0 Å². The van der Waals surface area contributed by atoms with Crippen LogP contribution in [0.2, 0.25) is 51.4 Å². The SMILES string of the molecule is C[Si](C)(C)CCOCN(COCC[Si](C)(C)C)c1cc(C2CCC(=O)C2)nc2ccnn12. The van der Waals surface area contributed by atoms with E-state index in [2.05, 4.69) is 55.3 Å². The van der Waals surface area contributed by atoms with Crippen molar-refractivity contribution in [3.8, 4) is 0 Å². The second-order valence-corrected chi connectivity index (χ2v) is 22.6. The molecule has 0 spiro atoms. The Bertz CT molecular complexity index is 883. The topological polar surface area (TPSA) is 69.0 Å². The Hall–Kier alpha value is -1.56. The van der Waals surface area contributed by atoms with Gasteiger partial charge < -0.3 is 14.4 Å². The summed E-state index contributed by atoms with van der Waals surface area (Å²) in [7, 11) is -2.31. The Morgan fingerprint density at radius 3 is 2.22 bits per heavy atom. The number of Topliss-reactive ketones (excluding diaryl/α,β-unsaturated/α-hetero) is 1. The maximum atomic E-state index is 11.9. The molecule has 1 atom stereocenters. The zero-order chi connectivity index (χ0) is 23.4. The van der Waals surface area contributed by atoms with E-state index in [1.165, 1.54) is 0 Å². The smallest absolute Gasteiger partial charge is 0.157 e. The molecular weight excluding hydrogens is 436 g/mol. The van der Waals surface area contributed by atoms with Gasteiger partial charge in [-0.2, -0.15) is 9.61 Å². The van der Waals surface area contributed by atoms with Crippen molar-refractivity contribution in [1.82, 2.24) is 14.6 Å². The van der Waals surface area contributed by atoms with Gasteiger partial charge in [0.05, 0.1) is 11.9 Å². The highest BCUT2D eigenvalue weighted by Gasteiger charge is 2.27. The summed E-state index contributed by atoms with van der Waals surface area (Å²) in [6.45, 7) is 16.5. The molecule has 1 saturated carbocycles. The number of hydrogen-bond acceptors (Lipinski definition) is 6. The van der Waals surface area contributed by atoms with Crippen LogP contribution in [0.4, 0.5) is 5.82 Å². The van der Waals surface area contributed by atoms with Gasteiger partial charge in [0.25, 0.3) is 0 Å². The standard InChI is InChI=1S/C23H40N4O3Si2/c1-31(2,3)13-11-29-17-26(18-30-12-14-32(4,5)6)23-16-21(19-7-8-20(28)15-19)25-22-9-10-24-27(22)23/h9-10,16,19H,7-8,11-15,17-18H2,1-6H3. The van der Waals surface area contributed by atoms with E-state index in [0.717, 1.165) is 48.9 Å². The first-order chi connectivity index (χ1) is 15.0.